The summed E-state index contributed by atoms with van der Waals surface area (Å²) in [4.78, 5) is 28.7. The molecule has 0 aromatic carbocycles. The van der Waals surface area contributed by atoms with E-state index in [1.807, 2.05) is 17.5 Å². The smallest absolute Gasteiger partial charge is 0.231 e. The van der Waals surface area contributed by atoms with Crippen molar-refractivity contribution >= 4 is 49.2 Å². The second kappa shape index (κ2) is 6.21. The number of fused-ring (bicyclic) bond motifs is 1. The van der Waals surface area contributed by atoms with Gasteiger partial charge in [-0.15, -0.1) is 11.3 Å². The topological polar surface area (TPSA) is 71.0 Å². The summed E-state index contributed by atoms with van der Waals surface area (Å²) in [5, 5.41) is 6.37. The number of anilines is 2. The molecule has 0 spiro atoms. The van der Waals surface area contributed by atoms with E-state index in [4.69, 9.17) is 0 Å². The summed E-state index contributed by atoms with van der Waals surface area (Å²) < 4.78 is 0. The van der Waals surface area contributed by atoms with Crippen LogP contribution in [0.2, 0.25) is 0 Å². The van der Waals surface area contributed by atoms with Crippen molar-refractivity contribution in [3.8, 4) is 0 Å². The fourth-order valence-electron chi connectivity index (χ4n) is 2.75. The molecular weight excluding hydrogens is 330 g/mol. The zero-order valence-electron chi connectivity index (χ0n) is 12.3. The van der Waals surface area contributed by atoms with Crippen molar-refractivity contribution in [3.63, 3.8) is 0 Å². The monoisotopic (exact) mass is 345 g/mol. The Morgan fingerprint density at radius 3 is 3.13 bits per heavy atom. The quantitative estimate of drug-likeness (QED) is 0.790. The summed E-state index contributed by atoms with van der Waals surface area (Å²) >= 11 is 3.02. The summed E-state index contributed by atoms with van der Waals surface area (Å²) in [5.74, 6) is 0.0107. The zero-order chi connectivity index (χ0) is 15.6. The second-order valence-electron chi connectivity index (χ2n) is 5.44. The van der Waals surface area contributed by atoms with Gasteiger partial charge < -0.3 is 10.2 Å². The van der Waals surface area contributed by atoms with Crippen molar-refractivity contribution in [1.29, 1.82) is 0 Å². The Hall–Kier alpha value is -2.06. The first-order valence-electron chi connectivity index (χ1n) is 7.46. The molecule has 23 heavy (non-hydrogen) atoms. The number of piperidine rings is 1. The van der Waals surface area contributed by atoms with Gasteiger partial charge >= 0.3 is 0 Å². The molecule has 0 radical (unpaired) electrons. The SMILES string of the molecule is O=C(Nc1nccs1)C1CCCN(c2nc3cccnc3s2)C1. The molecule has 1 aliphatic heterocycles. The van der Waals surface area contributed by atoms with Gasteiger partial charge in [0.15, 0.2) is 10.3 Å². The van der Waals surface area contributed by atoms with E-state index in [1.165, 1.54) is 11.3 Å². The predicted octanol–water partition coefficient (Wildman–Crippen LogP) is 3.00. The van der Waals surface area contributed by atoms with Crippen molar-refractivity contribution in [3.05, 3.63) is 29.9 Å². The van der Waals surface area contributed by atoms with Gasteiger partial charge in [-0.2, -0.15) is 0 Å². The van der Waals surface area contributed by atoms with Crippen LogP contribution >= 0.6 is 22.7 Å². The average molecular weight is 345 g/mol. The van der Waals surface area contributed by atoms with Gasteiger partial charge in [0.05, 0.1) is 5.92 Å². The molecule has 1 amide bonds. The lowest BCUT2D eigenvalue weighted by Gasteiger charge is -2.31. The van der Waals surface area contributed by atoms with E-state index in [2.05, 4.69) is 25.2 Å². The standard InChI is InChI=1S/C15H15N5OS2/c21-12(19-14-17-6-8-22-14)10-3-2-7-20(9-10)15-18-11-4-1-5-16-13(11)23-15/h1,4-6,8,10H,2-3,7,9H2,(H,17,19,21). The van der Waals surface area contributed by atoms with E-state index in [0.717, 1.165) is 34.9 Å². The van der Waals surface area contributed by atoms with Gasteiger partial charge in [-0.05, 0) is 25.0 Å². The number of carbonyl (C=O) groups is 1. The second-order valence-corrected chi connectivity index (χ2v) is 7.29. The van der Waals surface area contributed by atoms with Gasteiger partial charge in [0.25, 0.3) is 0 Å². The van der Waals surface area contributed by atoms with E-state index in [9.17, 15) is 4.79 Å². The van der Waals surface area contributed by atoms with Crippen LogP contribution < -0.4 is 10.2 Å². The van der Waals surface area contributed by atoms with E-state index >= 15 is 0 Å². The number of carbonyl (C=O) groups excluding carboxylic acids is 1. The van der Waals surface area contributed by atoms with Gasteiger partial charge in [0, 0.05) is 30.9 Å². The Labute approximate surface area is 141 Å². The number of aromatic nitrogens is 3. The third-order valence-corrected chi connectivity index (χ3v) is 5.61. The molecule has 4 heterocycles. The van der Waals surface area contributed by atoms with Crippen molar-refractivity contribution in [2.45, 2.75) is 12.8 Å². The number of thiazole rings is 2. The van der Waals surface area contributed by atoms with E-state index in [1.54, 1.807) is 23.7 Å². The zero-order valence-corrected chi connectivity index (χ0v) is 13.9. The maximum atomic E-state index is 12.4. The van der Waals surface area contributed by atoms with Gasteiger partial charge in [0.2, 0.25) is 5.91 Å². The van der Waals surface area contributed by atoms with Crippen LogP contribution in [0, 0.1) is 5.92 Å². The Balaban J connectivity index is 1.49. The number of amides is 1. The van der Waals surface area contributed by atoms with E-state index < -0.39 is 0 Å². The summed E-state index contributed by atoms with van der Waals surface area (Å²) in [5.41, 5.74) is 0.918. The minimum atomic E-state index is -0.0346. The first-order chi connectivity index (χ1) is 11.3. The third kappa shape index (κ3) is 3.04. The van der Waals surface area contributed by atoms with Gasteiger partial charge in [0.1, 0.15) is 10.3 Å². The highest BCUT2D eigenvalue weighted by Gasteiger charge is 2.28. The van der Waals surface area contributed by atoms with E-state index in [-0.39, 0.29) is 11.8 Å². The molecule has 0 saturated carbocycles. The largest absolute Gasteiger partial charge is 0.347 e. The third-order valence-electron chi connectivity index (χ3n) is 3.88. The molecule has 4 rings (SSSR count). The molecule has 1 unspecified atom stereocenters. The van der Waals surface area contributed by atoms with Crippen molar-refractivity contribution in [2.24, 2.45) is 5.92 Å². The van der Waals surface area contributed by atoms with Crippen LogP contribution in [-0.4, -0.2) is 33.9 Å². The van der Waals surface area contributed by atoms with Crippen molar-refractivity contribution in [2.75, 3.05) is 23.3 Å². The summed E-state index contributed by atoms with van der Waals surface area (Å²) in [6, 6.07) is 3.87. The molecular formula is C15H15N5OS2. The minimum absolute atomic E-state index is 0.0346. The number of hydrogen-bond donors (Lipinski definition) is 1. The molecule has 8 heteroatoms. The first kappa shape index (κ1) is 14.5. The Morgan fingerprint density at radius 2 is 2.30 bits per heavy atom. The molecule has 1 atom stereocenters. The normalized spacial score (nSPS) is 18.3. The molecule has 3 aromatic heterocycles. The maximum Gasteiger partial charge on any atom is 0.231 e. The number of nitrogens with zero attached hydrogens (tertiary/aromatic N) is 4. The lowest BCUT2D eigenvalue weighted by Crippen LogP contribution is -2.40. The first-order valence-corrected chi connectivity index (χ1v) is 9.16. The van der Waals surface area contributed by atoms with Crippen LogP contribution in [0.3, 0.4) is 0 Å². The number of nitrogens with one attached hydrogen (secondary N) is 1. The number of hydrogen-bond acceptors (Lipinski definition) is 7. The number of rotatable bonds is 3. The molecule has 1 saturated heterocycles. The van der Waals surface area contributed by atoms with Crippen LogP contribution in [0.25, 0.3) is 10.3 Å². The summed E-state index contributed by atoms with van der Waals surface area (Å²) in [6.07, 6.45) is 5.36. The highest BCUT2D eigenvalue weighted by Crippen LogP contribution is 2.30. The Bertz CT molecular complexity index is 783. The van der Waals surface area contributed by atoms with Crippen LogP contribution in [0.15, 0.2) is 29.9 Å². The average Bonchev–Trinajstić information content (AvgIpc) is 3.24. The van der Waals surface area contributed by atoms with Crippen molar-refractivity contribution in [1.82, 2.24) is 15.0 Å². The lowest BCUT2D eigenvalue weighted by atomic mass is 9.98. The predicted molar refractivity (Wildman–Crippen MR) is 93.1 cm³/mol. The van der Waals surface area contributed by atoms with Crippen LogP contribution in [-0.2, 0) is 4.79 Å². The Morgan fingerprint density at radius 1 is 1.35 bits per heavy atom. The van der Waals surface area contributed by atoms with Crippen LogP contribution in [0.4, 0.5) is 10.3 Å². The van der Waals surface area contributed by atoms with Gasteiger partial charge in [-0.25, -0.2) is 15.0 Å². The number of pyridine rings is 1. The van der Waals surface area contributed by atoms with Crippen molar-refractivity contribution < 1.29 is 4.79 Å². The molecule has 0 bridgehead atoms. The van der Waals surface area contributed by atoms with Crippen LogP contribution in [0.1, 0.15) is 12.8 Å². The summed E-state index contributed by atoms with van der Waals surface area (Å²) in [7, 11) is 0. The Kier molecular flexibility index (Phi) is 3.92. The minimum Gasteiger partial charge on any atom is -0.347 e. The highest BCUT2D eigenvalue weighted by molar-refractivity contribution is 7.21. The maximum absolute atomic E-state index is 12.4. The molecule has 0 aliphatic carbocycles. The lowest BCUT2D eigenvalue weighted by molar-refractivity contribution is -0.120. The molecule has 3 aromatic rings. The van der Waals surface area contributed by atoms with Gasteiger partial charge in [-0.3, -0.25) is 4.79 Å². The molecule has 1 fully saturated rings. The molecule has 118 valence electrons. The molecule has 1 aliphatic rings. The van der Waals surface area contributed by atoms with Gasteiger partial charge in [-0.1, -0.05) is 11.3 Å². The van der Waals surface area contributed by atoms with E-state index in [0.29, 0.717) is 11.7 Å². The summed E-state index contributed by atoms with van der Waals surface area (Å²) in [6.45, 7) is 1.62. The fourth-order valence-corrected chi connectivity index (χ4v) is 4.23. The fraction of sp³-hybridized carbons (Fsp3) is 0.333. The molecule has 1 N–H and O–H groups in total. The molecule has 6 nitrogen and oxygen atoms in total. The highest BCUT2D eigenvalue weighted by atomic mass is 32.1. The van der Waals surface area contributed by atoms with Crippen LogP contribution in [0.5, 0.6) is 0 Å².